The lowest BCUT2D eigenvalue weighted by molar-refractivity contribution is -0.129. The van der Waals surface area contributed by atoms with E-state index in [1.807, 2.05) is 0 Å². The molecule has 0 spiro atoms. The van der Waals surface area contributed by atoms with Crippen LogP contribution >= 0.6 is 0 Å². The first kappa shape index (κ1) is 11.7. The molecule has 16 heavy (non-hydrogen) atoms. The molecule has 8 heteroatoms. The van der Waals surface area contributed by atoms with Gasteiger partial charge in [0.05, 0.1) is 7.11 Å². The summed E-state index contributed by atoms with van der Waals surface area (Å²) < 4.78 is 4.82. The highest BCUT2D eigenvalue weighted by Crippen LogP contribution is 2.10. The highest BCUT2D eigenvalue weighted by molar-refractivity contribution is 6.41. The third kappa shape index (κ3) is 2.56. The van der Waals surface area contributed by atoms with E-state index in [9.17, 15) is 4.79 Å². The van der Waals surface area contributed by atoms with E-state index in [4.69, 9.17) is 15.6 Å². The number of ether oxygens (including phenoxy) is 1. The number of nitrogen functional groups attached to an aromatic ring is 1. The van der Waals surface area contributed by atoms with Gasteiger partial charge in [-0.2, -0.15) is 4.98 Å². The molecule has 3 N–H and O–H groups in total. The molecule has 1 aromatic rings. The van der Waals surface area contributed by atoms with Gasteiger partial charge in [0.25, 0.3) is 0 Å². The summed E-state index contributed by atoms with van der Waals surface area (Å²) in [5.74, 6) is -1.28. The Kier molecular flexibility index (Phi) is 3.59. The number of rotatable bonds is 4. The van der Waals surface area contributed by atoms with Crippen molar-refractivity contribution in [2.45, 2.75) is 0 Å². The fraction of sp³-hybridized carbons (Fsp3) is 0.250. The fourth-order valence-electron chi connectivity index (χ4n) is 0.920. The van der Waals surface area contributed by atoms with Gasteiger partial charge in [-0.15, -0.1) is 0 Å². The third-order valence-electron chi connectivity index (χ3n) is 1.53. The minimum Gasteiger partial charge on any atom is -0.481 e. The number of carboxylic acids is 1. The van der Waals surface area contributed by atoms with E-state index < -0.39 is 11.7 Å². The number of nitrogens with two attached hydrogens (primary N) is 1. The lowest BCUT2D eigenvalue weighted by atomic mass is 10.3. The van der Waals surface area contributed by atoms with Crippen molar-refractivity contribution in [3.8, 4) is 5.88 Å². The maximum atomic E-state index is 10.8. The largest absolute Gasteiger partial charge is 0.481 e. The number of carbonyl (C=O) groups is 1. The van der Waals surface area contributed by atoms with E-state index in [0.29, 0.717) is 0 Å². The molecule has 0 atom stereocenters. The second-order valence-electron chi connectivity index (χ2n) is 2.59. The summed E-state index contributed by atoms with van der Waals surface area (Å²) >= 11 is 0. The molecular weight excluding hydrogens is 216 g/mol. The van der Waals surface area contributed by atoms with Crippen LogP contribution < -0.4 is 10.5 Å². The molecule has 0 aliphatic rings. The molecule has 1 rings (SSSR count). The maximum absolute atomic E-state index is 10.8. The smallest absolute Gasteiger partial charge is 0.361 e. The summed E-state index contributed by atoms with van der Waals surface area (Å²) in [6.45, 7) is 0. The second kappa shape index (κ2) is 4.91. The average molecular weight is 226 g/mol. The van der Waals surface area contributed by atoms with Crippen LogP contribution in [0.1, 0.15) is 5.82 Å². The van der Waals surface area contributed by atoms with Crippen molar-refractivity contribution in [2.75, 3.05) is 20.0 Å². The summed E-state index contributed by atoms with van der Waals surface area (Å²) in [4.78, 5) is 22.7. The molecule has 0 saturated heterocycles. The lowest BCUT2D eigenvalue weighted by Gasteiger charge is -2.03. The van der Waals surface area contributed by atoms with Crippen LogP contribution in [0.4, 0.5) is 5.82 Å². The van der Waals surface area contributed by atoms with Crippen LogP contribution in [0.15, 0.2) is 11.2 Å². The zero-order valence-electron chi connectivity index (χ0n) is 8.67. The average Bonchev–Trinajstić information content (AvgIpc) is 2.24. The van der Waals surface area contributed by atoms with Crippen molar-refractivity contribution < 1.29 is 19.5 Å². The van der Waals surface area contributed by atoms with Crippen molar-refractivity contribution in [3.63, 3.8) is 0 Å². The Balaban J connectivity index is 3.24. The number of aliphatic carboxylic acids is 1. The van der Waals surface area contributed by atoms with Gasteiger partial charge < -0.3 is 20.4 Å². The van der Waals surface area contributed by atoms with E-state index in [1.54, 1.807) is 0 Å². The van der Waals surface area contributed by atoms with Crippen LogP contribution in [-0.2, 0) is 9.63 Å². The number of nitrogens with zero attached hydrogens (tertiary/aromatic N) is 3. The van der Waals surface area contributed by atoms with Crippen LogP contribution in [0.3, 0.4) is 0 Å². The molecule has 0 aromatic carbocycles. The standard InChI is InChI=1S/C8H10N4O4/c1-15-5-3-4(9)10-7(11-5)6(8(13)14)12-16-2/h3H,1-2H3,(H,13,14)(H2,9,10,11)/b12-6-. The Morgan fingerprint density at radius 1 is 1.50 bits per heavy atom. The summed E-state index contributed by atoms with van der Waals surface area (Å²) in [6.07, 6.45) is 0. The molecule has 0 saturated carbocycles. The Hall–Kier alpha value is -2.38. The first-order chi connectivity index (χ1) is 7.58. The molecule has 0 amide bonds. The fourth-order valence-corrected chi connectivity index (χ4v) is 0.920. The van der Waals surface area contributed by atoms with Crippen molar-refractivity contribution in [3.05, 3.63) is 11.9 Å². The van der Waals surface area contributed by atoms with Gasteiger partial charge in [0, 0.05) is 6.07 Å². The molecule has 86 valence electrons. The molecular formula is C8H10N4O4. The molecule has 0 unspecified atom stereocenters. The first-order valence-corrected chi connectivity index (χ1v) is 4.11. The van der Waals surface area contributed by atoms with Gasteiger partial charge >= 0.3 is 5.97 Å². The monoisotopic (exact) mass is 226 g/mol. The molecule has 1 heterocycles. The molecule has 0 fully saturated rings. The van der Waals surface area contributed by atoms with E-state index in [-0.39, 0.29) is 17.5 Å². The summed E-state index contributed by atoms with van der Waals surface area (Å²) in [5, 5.41) is 12.1. The quantitative estimate of drug-likeness (QED) is 0.524. The summed E-state index contributed by atoms with van der Waals surface area (Å²) in [7, 11) is 2.59. The third-order valence-corrected chi connectivity index (χ3v) is 1.53. The summed E-state index contributed by atoms with van der Waals surface area (Å²) in [5.41, 5.74) is 5.00. The Bertz CT molecular complexity index is 432. The highest BCUT2D eigenvalue weighted by Gasteiger charge is 2.18. The maximum Gasteiger partial charge on any atom is 0.361 e. The molecule has 0 bridgehead atoms. The van der Waals surface area contributed by atoms with E-state index in [0.717, 1.165) is 0 Å². The van der Waals surface area contributed by atoms with Gasteiger partial charge in [0.2, 0.25) is 11.6 Å². The van der Waals surface area contributed by atoms with Gasteiger partial charge in [-0.3, -0.25) is 0 Å². The number of hydrogen-bond donors (Lipinski definition) is 2. The number of aromatic nitrogens is 2. The van der Waals surface area contributed by atoms with Crippen LogP contribution in [0.25, 0.3) is 0 Å². The number of anilines is 1. The van der Waals surface area contributed by atoms with Gasteiger partial charge in [-0.25, -0.2) is 9.78 Å². The molecule has 0 aliphatic carbocycles. The number of oxime groups is 1. The van der Waals surface area contributed by atoms with Gasteiger partial charge in [-0.05, 0) is 0 Å². The lowest BCUT2D eigenvalue weighted by Crippen LogP contribution is -2.19. The van der Waals surface area contributed by atoms with E-state index in [1.165, 1.54) is 20.3 Å². The summed E-state index contributed by atoms with van der Waals surface area (Å²) in [6, 6.07) is 1.36. The predicted molar refractivity (Wildman–Crippen MR) is 54.2 cm³/mol. The first-order valence-electron chi connectivity index (χ1n) is 4.11. The SMILES string of the molecule is CO/N=C(\C(=O)O)c1nc(N)cc(OC)n1. The zero-order valence-corrected chi connectivity index (χ0v) is 8.67. The van der Waals surface area contributed by atoms with Crippen LogP contribution in [0.2, 0.25) is 0 Å². The number of methoxy groups -OCH3 is 1. The van der Waals surface area contributed by atoms with Crippen molar-refractivity contribution in [1.82, 2.24) is 9.97 Å². The van der Waals surface area contributed by atoms with Gasteiger partial charge in [0.1, 0.15) is 12.9 Å². The topological polar surface area (TPSA) is 120 Å². The predicted octanol–water partition coefficient (Wildman–Crippen LogP) is -0.497. The number of hydrogen-bond acceptors (Lipinski definition) is 7. The molecule has 1 aromatic heterocycles. The van der Waals surface area contributed by atoms with Crippen molar-refractivity contribution in [2.24, 2.45) is 5.16 Å². The van der Waals surface area contributed by atoms with Gasteiger partial charge in [0.15, 0.2) is 5.82 Å². The van der Waals surface area contributed by atoms with Crippen LogP contribution in [0, 0.1) is 0 Å². The van der Waals surface area contributed by atoms with Gasteiger partial charge in [-0.1, -0.05) is 5.16 Å². The minimum atomic E-state index is -1.32. The Labute approximate surface area is 90.7 Å². The Morgan fingerprint density at radius 2 is 2.19 bits per heavy atom. The minimum absolute atomic E-state index is 0.0758. The Morgan fingerprint density at radius 3 is 2.69 bits per heavy atom. The van der Waals surface area contributed by atoms with Crippen molar-refractivity contribution in [1.29, 1.82) is 0 Å². The molecule has 8 nitrogen and oxygen atoms in total. The normalized spacial score (nSPS) is 11.0. The highest BCUT2D eigenvalue weighted by atomic mass is 16.6. The zero-order chi connectivity index (χ0) is 12.1. The van der Waals surface area contributed by atoms with Crippen LogP contribution in [-0.4, -0.2) is 41.0 Å². The molecule has 0 radical (unpaired) electrons. The molecule has 0 aliphatic heterocycles. The second-order valence-corrected chi connectivity index (χ2v) is 2.59. The van der Waals surface area contributed by atoms with E-state index >= 15 is 0 Å². The number of carboxylic acid groups (broad SMARTS) is 1. The van der Waals surface area contributed by atoms with Crippen LogP contribution in [0.5, 0.6) is 5.88 Å². The van der Waals surface area contributed by atoms with Crippen molar-refractivity contribution >= 4 is 17.5 Å². The van der Waals surface area contributed by atoms with E-state index in [2.05, 4.69) is 20.0 Å².